The third kappa shape index (κ3) is 3.99. The van der Waals surface area contributed by atoms with Crippen molar-refractivity contribution in [3.63, 3.8) is 0 Å². The molecule has 2 saturated heterocycles. The summed E-state index contributed by atoms with van der Waals surface area (Å²) in [4.78, 5) is 28.7. The van der Waals surface area contributed by atoms with Crippen LogP contribution in [0.5, 0.6) is 0 Å². The molecule has 0 aromatic rings. The first-order valence-corrected chi connectivity index (χ1v) is 11.2. The van der Waals surface area contributed by atoms with Crippen molar-refractivity contribution in [3.05, 3.63) is 23.4 Å². The van der Waals surface area contributed by atoms with E-state index in [2.05, 4.69) is 27.4 Å². The molecule has 2 aliphatic heterocycles. The average molecular weight is 388 g/mol. The molecule has 2 N–H and O–H groups in total. The van der Waals surface area contributed by atoms with Gasteiger partial charge < -0.3 is 15.5 Å². The van der Waals surface area contributed by atoms with Gasteiger partial charge in [0.15, 0.2) is 0 Å². The highest BCUT2D eigenvalue weighted by molar-refractivity contribution is 5.98. The summed E-state index contributed by atoms with van der Waals surface area (Å²) in [6.45, 7) is 13.0. The van der Waals surface area contributed by atoms with Crippen LogP contribution in [0.25, 0.3) is 0 Å². The normalized spacial score (nSPS) is 29.5. The molecule has 1 saturated carbocycles. The largest absolute Gasteiger partial charge is 0.402 e. The fraction of sp³-hybridized carbons (Fsp3) is 0.739. The van der Waals surface area contributed by atoms with Crippen LogP contribution in [0.2, 0.25) is 0 Å². The van der Waals surface area contributed by atoms with Gasteiger partial charge in [-0.3, -0.25) is 9.59 Å². The molecule has 3 unspecified atom stereocenters. The molecule has 0 aromatic heterocycles. The maximum Gasteiger partial charge on any atom is 0.253 e. The van der Waals surface area contributed by atoms with E-state index >= 15 is 0 Å². The van der Waals surface area contributed by atoms with Gasteiger partial charge in [-0.2, -0.15) is 0 Å². The number of nitrogens with two attached hydrogens (primary N) is 1. The minimum Gasteiger partial charge on any atom is -0.402 e. The van der Waals surface area contributed by atoms with Gasteiger partial charge in [0.2, 0.25) is 5.91 Å². The van der Waals surface area contributed by atoms with E-state index in [-0.39, 0.29) is 11.8 Å². The van der Waals surface area contributed by atoms with Crippen molar-refractivity contribution in [1.29, 1.82) is 0 Å². The molecule has 0 spiro atoms. The van der Waals surface area contributed by atoms with E-state index in [1.807, 2.05) is 9.80 Å². The number of carbonyl (C=O) groups is 2. The number of hydrogen-bond acceptors (Lipinski definition) is 3. The van der Waals surface area contributed by atoms with E-state index in [1.165, 1.54) is 12.8 Å². The average Bonchev–Trinajstić information content (AvgIpc) is 3.04. The molecule has 4 rings (SSSR count). The van der Waals surface area contributed by atoms with Crippen LogP contribution in [0.15, 0.2) is 23.4 Å². The smallest absolute Gasteiger partial charge is 0.253 e. The Kier molecular flexibility index (Phi) is 6.51. The monoisotopic (exact) mass is 387 g/mol. The first-order valence-electron chi connectivity index (χ1n) is 11.2. The zero-order valence-corrected chi connectivity index (χ0v) is 17.9. The van der Waals surface area contributed by atoms with E-state index in [4.69, 9.17) is 5.73 Å². The van der Waals surface area contributed by atoms with Crippen LogP contribution >= 0.6 is 0 Å². The Morgan fingerprint density at radius 2 is 1.82 bits per heavy atom. The zero-order chi connectivity index (χ0) is 20.4. The lowest BCUT2D eigenvalue weighted by molar-refractivity contribution is -0.132. The molecule has 2 heterocycles. The molecule has 3 fully saturated rings. The summed E-state index contributed by atoms with van der Waals surface area (Å²) in [7, 11) is 0. The fourth-order valence-electron chi connectivity index (χ4n) is 5.05. The van der Waals surface area contributed by atoms with Crippen LogP contribution < -0.4 is 5.73 Å². The lowest BCUT2D eigenvalue weighted by Crippen LogP contribution is -2.47. The van der Waals surface area contributed by atoms with Crippen LogP contribution in [-0.4, -0.2) is 47.3 Å². The van der Waals surface area contributed by atoms with Crippen molar-refractivity contribution in [1.82, 2.24) is 9.80 Å². The van der Waals surface area contributed by atoms with E-state index in [0.29, 0.717) is 48.9 Å². The SMILES string of the molecule is C=C(C(=O)N1CCC(N2CCCC2=O)CC1)C1=C(N)CC2C(C)C12.CCCC. The van der Waals surface area contributed by atoms with Crippen LogP contribution in [0, 0.1) is 17.8 Å². The molecule has 0 radical (unpaired) electrons. The van der Waals surface area contributed by atoms with Gasteiger partial charge in [-0.1, -0.05) is 40.2 Å². The van der Waals surface area contributed by atoms with Crippen LogP contribution in [-0.2, 0) is 9.59 Å². The highest BCUT2D eigenvalue weighted by Crippen LogP contribution is 2.60. The maximum atomic E-state index is 12.8. The van der Waals surface area contributed by atoms with Crippen LogP contribution in [0.3, 0.4) is 0 Å². The second-order valence-electron chi connectivity index (χ2n) is 8.88. The molecular formula is C23H37N3O2. The van der Waals surface area contributed by atoms with Gasteiger partial charge in [0.25, 0.3) is 5.91 Å². The fourth-order valence-corrected chi connectivity index (χ4v) is 5.05. The summed E-state index contributed by atoms with van der Waals surface area (Å²) in [5.74, 6) is 2.06. The summed E-state index contributed by atoms with van der Waals surface area (Å²) in [5, 5.41) is 0. The Morgan fingerprint density at radius 3 is 2.32 bits per heavy atom. The third-order valence-corrected chi connectivity index (χ3v) is 7.08. The Balaban J connectivity index is 0.000000516. The lowest BCUT2D eigenvalue weighted by atomic mass is 9.97. The Hall–Kier alpha value is -1.78. The summed E-state index contributed by atoms with van der Waals surface area (Å²) in [6.07, 6.45) is 6.98. The first-order chi connectivity index (χ1) is 13.4. The maximum absolute atomic E-state index is 12.8. The second-order valence-corrected chi connectivity index (χ2v) is 8.88. The molecule has 0 bridgehead atoms. The second kappa shape index (κ2) is 8.71. The van der Waals surface area contributed by atoms with Gasteiger partial charge in [-0.05, 0) is 49.0 Å². The number of hydrogen-bond donors (Lipinski definition) is 1. The topological polar surface area (TPSA) is 66.6 Å². The lowest BCUT2D eigenvalue weighted by Gasteiger charge is -2.37. The Labute approximate surface area is 170 Å². The molecule has 3 atom stereocenters. The van der Waals surface area contributed by atoms with Crippen molar-refractivity contribution >= 4 is 11.8 Å². The summed E-state index contributed by atoms with van der Waals surface area (Å²) in [5.41, 5.74) is 8.68. The standard InChI is InChI=1S/C19H27N3O2.C4H10/c1-11-14-10-15(20)18(17(11)14)12(2)19(24)21-8-5-13(6-9-21)22-7-3-4-16(22)23;1-3-4-2/h11,13-14,17H,2-10,20H2,1H3;3-4H2,1-2H3. The minimum absolute atomic E-state index is 0.0406. The molecular weight excluding hydrogens is 350 g/mol. The predicted molar refractivity (Wildman–Crippen MR) is 112 cm³/mol. The van der Waals surface area contributed by atoms with Crippen molar-refractivity contribution in [2.24, 2.45) is 23.5 Å². The number of fused-ring (bicyclic) bond motifs is 1. The minimum atomic E-state index is 0.0406. The molecule has 5 heteroatoms. The van der Waals surface area contributed by atoms with E-state index in [1.54, 1.807) is 0 Å². The van der Waals surface area contributed by atoms with Crippen molar-refractivity contribution in [2.45, 2.75) is 71.8 Å². The highest BCUT2D eigenvalue weighted by Gasteiger charge is 2.54. The van der Waals surface area contributed by atoms with Gasteiger partial charge in [0.05, 0.1) is 0 Å². The number of nitrogens with zero attached hydrogens (tertiary/aromatic N) is 2. The van der Waals surface area contributed by atoms with E-state index in [0.717, 1.165) is 43.5 Å². The zero-order valence-electron chi connectivity index (χ0n) is 17.9. The van der Waals surface area contributed by atoms with Gasteiger partial charge in [-0.15, -0.1) is 0 Å². The molecule has 2 aliphatic carbocycles. The Bertz CT molecular complexity index is 659. The number of unbranched alkanes of at least 4 members (excludes halogenated alkanes) is 1. The Morgan fingerprint density at radius 1 is 1.18 bits per heavy atom. The number of piperidine rings is 1. The third-order valence-electron chi connectivity index (χ3n) is 7.08. The predicted octanol–water partition coefficient (Wildman–Crippen LogP) is 3.46. The molecule has 156 valence electrons. The van der Waals surface area contributed by atoms with E-state index < -0.39 is 0 Å². The molecule has 28 heavy (non-hydrogen) atoms. The van der Waals surface area contributed by atoms with Crippen molar-refractivity contribution in [3.8, 4) is 0 Å². The number of rotatable bonds is 4. The van der Waals surface area contributed by atoms with Crippen LogP contribution in [0.4, 0.5) is 0 Å². The van der Waals surface area contributed by atoms with Gasteiger partial charge >= 0.3 is 0 Å². The van der Waals surface area contributed by atoms with Crippen LogP contribution in [0.1, 0.15) is 65.7 Å². The summed E-state index contributed by atoms with van der Waals surface area (Å²) < 4.78 is 0. The van der Waals surface area contributed by atoms with E-state index in [9.17, 15) is 9.59 Å². The number of allylic oxidation sites excluding steroid dienone is 1. The van der Waals surface area contributed by atoms with Gasteiger partial charge in [0.1, 0.15) is 0 Å². The number of likely N-dealkylation sites (tertiary alicyclic amines) is 2. The molecule has 0 aromatic carbocycles. The van der Waals surface area contributed by atoms with Gasteiger partial charge in [0, 0.05) is 43.4 Å². The number of amides is 2. The van der Waals surface area contributed by atoms with Crippen molar-refractivity contribution in [2.75, 3.05) is 19.6 Å². The summed E-state index contributed by atoms with van der Waals surface area (Å²) >= 11 is 0. The first kappa shape index (κ1) is 20.9. The highest BCUT2D eigenvalue weighted by atomic mass is 16.2. The van der Waals surface area contributed by atoms with Crippen molar-refractivity contribution < 1.29 is 9.59 Å². The molecule has 4 aliphatic rings. The molecule has 5 nitrogen and oxygen atoms in total. The van der Waals surface area contributed by atoms with Gasteiger partial charge in [-0.25, -0.2) is 0 Å². The number of carbonyl (C=O) groups excluding carboxylic acids is 2. The quantitative estimate of drug-likeness (QED) is 0.751. The molecule has 2 amide bonds. The summed E-state index contributed by atoms with van der Waals surface area (Å²) in [6, 6.07) is 0.306.